The first-order valence-electron chi connectivity index (χ1n) is 29.3. The van der Waals surface area contributed by atoms with Crippen molar-refractivity contribution in [3.63, 3.8) is 0 Å². The van der Waals surface area contributed by atoms with Crippen LogP contribution in [0.3, 0.4) is 0 Å². The molecule has 1 aliphatic heterocycles. The molecule has 1 aliphatic carbocycles. The van der Waals surface area contributed by atoms with Crippen LogP contribution < -0.4 is 14.5 Å². The Hall–Kier alpha value is -8.76. The zero-order valence-electron chi connectivity index (χ0n) is 49.6. The van der Waals surface area contributed by atoms with E-state index >= 15 is 0 Å². The summed E-state index contributed by atoms with van der Waals surface area (Å²) < 4.78 is 9.01. The van der Waals surface area contributed by atoms with Crippen molar-refractivity contribution in [2.45, 2.75) is 84.0 Å². The molecule has 0 radical (unpaired) electrons. The smallest absolute Gasteiger partial charge is 0.135 e. The molecule has 0 spiro atoms. The van der Waals surface area contributed by atoms with Crippen molar-refractivity contribution in [2.24, 2.45) is 0 Å². The first-order chi connectivity index (χ1) is 40.5. The van der Waals surface area contributed by atoms with Gasteiger partial charge < -0.3 is 19.1 Å². The van der Waals surface area contributed by atoms with Gasteiger partial charge in [-0.1, -0.05) is 238 Å². The van der Waals surface area contributed by atoms with E-state index < -0.39 is 5.41 Å². The van der Waals surface area contributed by atoms with Crippen molar-refractivity contribution in [2.75, 3.05) is 9.80 Å². The van der Waals surface area contributed by atoms with Gasteiger partial charge in [0.1, 0.15) is 5.82 Å². The van der Waals surface area contributed by atoms with Gasteiger partial charge in [0.05, 0.1) is 5.41 Å². The minimum atomic E-state index is -0.508. The average Bonchev–Trinajstić information content (AvgIpc) is 1.70. The minimum Gasteiger partial charge on any atom is -0.509 e. The van der Waals surface area contributed by atoms with Gasteiger partial charge in [-0.25, -0.2) is 4.98 Å². The van der Waals surface area contributed by atoms with Crippen molar-refractivity contribution in [3.8, 4) is 50.7 Å². The molecule has 10 aromatic carbocycles. The molecule has 0 unspecified atom stereocenters. The number of pyridine rings is 1. The number of ether oxygens (including phenoxy) is 1. The van der Waals surface area contributed by atoms with E-state index in [9.17, 15) is 0 Å². The standard InChI is InChI=1S/C79H67N4O.Pt/c1-76(2,3)56-43-44-80-74(48-56)83-70-34-18-15-29-66(70)67-42-41-61(50-73(67)83)84-60-26-21-25-59(49-60)81-51-82(72-36-20-19-35-71(72)81)75-62(30-22-31-63(75)53-45-57(77(4,5)6)47-58(46-53)78(7,8)9)52-37-39-55(40-38-52)79(54-23-11-10-12-24-54)68-32-16-13-27-64(68)65-28-14-17-33-69(65)79;/h10-48,51H,1-9H3;/q-3;. The van der Waals surface area contributed by atoms with Crippen LogP contribution in [0, 0.1) is 18.8 Å². The van der Waals surface area contributed by atoms with Crippen molar-refractivity contribution in [3.05, 3.63) is 294 Å². The largest absolute Gasteiger partial charge is 0.509 e. The van der Waals surface area contributed by atoms with Crippen LogP contribution in [0.2, 0.25) is 0 Å². The third kappa shape index (κ3) is 9.49. The van der Waals surface area contributed by atoms with Gasteiger partial charge in [-0.15, -0.1) is 48.1 Å². The van der Waals surface area contributed by atoms with Gasteiger partial charge in [0, 0.05) is 72.5 Å². The van der Waals surface area contributed by atoms with Crippen LogP contribution in [0.1, 0.15) is 101 Å². The average molecular weight is 1280 g/mol. The molecule has 0 bridgehead atoms. The van der Waals surface area contributed by atoms with Gasteiger partial charge in [-0.3, -0.25) is 0 Å². The number of fused-ring (bicyclic) bond motifs is 7. The summed E-state index contributed by atoms with van der Waals surface area (Å²) in [7, 11) is 0. The maximum Gasteiger partial charge on any atom is 0.135 e. The number of benzene rings is 10. The summed E-state index contributed by atoms with van der Waals surface area (Å²) >= 11 is 0. The SMILES string of the molecule is CC(C)(C)c1cc(-c2cccc(-c3ccc(C4(c5ccccc5)c5ccccc5-c5ccccc54)cc3)c2N2[CH-]N(c3[c-]c(Oc4[c-]c5c(cc4)c4ccccc4n5-c4cc(C(C)(C)C)ccn4)ccc3)c3ccccc32)cc(C(C)(C)C)c1.[Pt]. The first kappa shape index (κ1) is 55.4. The number of hydrogen-bond donors (Lipinski definition) is 0. The Kier molecular flexibility index (Phi) is 13.7. The number of anilines is 4. The second kappa shape index (κ2) is 21.1. The van der Waals surface area contributed by atoms with Gasteiger partial charge in [-0.2, -0.15) is 12.1 Å². The molecule has 0 saturated carbocycles. The van der Waals surface area contributed by atoms with Gasteiger partial charge in [-0.05, 0) is 113 Å². The summed E-state index contributed by atoms with van der Waals surface area (Å²) in [6.07, 6.45) is 1.91. The fourth-order valence-electron chi connectivity index (χ4n) is 12.9. The quantitative estimate of drug-likeness (QED) is 0.135. The van der Waals surface area contributed by atoms with Crippen molar-refractivity contribution in [1.29, 1.82) is 0 Å². The van der Waals surface area contributed by atoms with E-state index in [0.29, 0.717) is 11.5 Å². The molecule has 12 aromatic rings. The van der Waals surface area contributed by atoms with Gasteiger partial charge in [0.15, 0.2) is 0 Å². The number of para-hydroxylation sites is 4. The number of rotatable bonds is 9. The first-order valence-corrected chi connectivity index (χ1v) is 29.3. The summed E-state index contributed by atoms with van der Waals surface area (Å²) in [6, 6.07) is 91.7. The van der Waals surface area contributed by atoms with Crippen molar-refractivity contribution in [1.82, 2.24) is 9.55 Å². The molecular formula is C79H67N4OPt-3. The van der Waals surface area contributed by atoms with E-state index in [1.54, 1.807) is 0 Å². The topological polar surface area (TPSA) is 33.5 Å². The van der Waals surface area contributed by atoms with Crippen LogP contribution in [-0.4, -0.2) is 9.55 Å². The molecule has 0 saturated heterocycles. The molecule has 5 nitrogen and oxygen atoms in total. The summed E-state index contributed by atoms with van der Waals surface area (Å²) in [4.78, 5) is 9.55. The van der Waals surface area contributed by atoms with Gasteiger partial charge in [0.25, 0.3) is 0 Å². The monoisotopic (exact) mass is 1280 g/mol. The Morgan fingerprint density at radius 2 is 0.988 bits per heavy atom. The number of hydrogen-bond acceptors (Lipinski definition) is 4. The van der Waals surface area contributed by atoms with Crippen LogP contribution in [0.15, 0.2) is 237 Å². The Morgan fingerprint density at radius 1 is 0.435 bits per heavy atom. The fraction of sp³-hybridized carbons (Fsp3) is 0.165. The summed E-state index contributed by atoms with van der Waals surface area (Å²) in [5, 5.41) is 2.22. The fourth-order valence-corrected chi connectivity index (χ4v) is 12.9. The minimum absolute atomic E-state index is 0. The zero-order valence-corrected chi connectivity index (χ0v) is 51.9. The molecule has 0 N–H and O–H groups in total. The van der Waals surface area contributed by atoms with E-state index in [0.717, 1.165) is 67.1 Å². The maximum absolute atomic E-state index is 6.80. The molecule has 2 aliphatic rings. The van der Waals surface area contributed by atoms with Crippen LogP contribution in [0.4, 0.5) is 22.7 Å². The number of nitrogens with zero attached hydrogens (tertiary/aromatic N) is 4. The Balaban J connectivity index is 0.00000672. The van der Waals surface area contributed by atoms with E-state index in [1.807, 2.05) is 24.4 Å². The zero-order chi connectivity index (χ0) is 57.7. The van der Waals surface area contributed by atoms with E-state index in [1.165, 1.54) is 55.6 Å². The summed E-state index contributed by atoms with van der Waals surface area (Å²) in [5.74, 6) is 2.02. The molecule has 6 heteroatoms. The predicted octanol–water partition coefficient (Wildman–Crippen LogP) is 20.6. The maximum atomic E-state index is 6.80. The second-order valence-electron chi connectivity index (χ2n) is 25.7. The van der Waals surface area contributed by atoms with Crippen LogP contribution in [0.5, 0.6) is 11.5 Å². The van der Waals surface area contributed by atoms with Crippen LogP contribution in [-0.2, 0) is 42.7 Å². The summed E-state index contributed by atoms with van der Waals surface area (Å²) in [5.41, 5.74) is 21.3. The number of aromatic nitrogens is 2. The van der Waals surface area contributed by atoms with Gasteiger partial charge >= 0.3 is 0 Å². The van der Waals surface area contributed by atoms with Crippen LogP contribution in [0.25, 0.3) is 61.0 Å². The Morgan fingerprint density at radius 3 is 1.66 bits per heavy atom. The van der Waals surface area contributed by atoms with Crippen molar-refractivity contribution >= 4 is 44.6 Å². The molecule has 2 aromatic heterocycles. The van der Waals surface area contributed by atoms with E-state index in [4.69, 9.17) is 9.72 Å². The molecule has 85 heavy (non-hydrogen) atoms. The normalized spacial score (nSPS) is 13.6. The predicted molar refractivity (Wildman–Crippen MR) is 349 cm³/mol. The molecule has 0 atom stereocenters. The second-order valence-corrected chi connectivity index (χ2v) is 25.7. The third-order valence-electron chi connectivity index (χ3n) is 17.3. The van der Waals surface area contributed by atoms with E-state index in [-0.39, 0.29) is 37.3 Å². The molecule has 0 fully saturated rings. The third-order valence-corrected chi connectivity index (χ3v) is 17.3. The molecular weight excluding hydrogens is 1220 g/mol. The Bertz CT molecular complexity index is 4440. The molecule has 3 heterocycles. The van der Waals surface area contributed by atoms with Gasteiger partial charge in [0.2, 0.25) is 0 Å². The molecule has 14 rings (SSSR count). The Labute approximate surface area is 515 Å². The molecule has 422 valence electrons. The summed E-state index contributed by atoms with van der Waals surface area (Å²) in [6.45, 7) is 22.8. The van der Waals surface area contributed by atoms with Crippen LogP contribution >= 0.6 is 0 Å². The van der Waals surface area contributed by atoms with Crippen molar-refractivity contribution < 1.29 is 25.8 Å². The molecule has 0 amide bonds. The van der Waals surface area contributed by atoms with E-state index in [2.05, 4.69) is 308 Å².